The second kappa shape index (κ2) is 8.26. The van der Waals surface area contributed by atoms with Gasteiger partial charge >= 0.3 is 0 Å². The van der Waals surface area contributed by atoms with Crippen LogP contribution in [0.25, 0.3) is 0 Å². The van der Waals surface area contributed by atoms with E-state index in [4.69, 9.17) is 0 Å². The van der Waals surface area contributed by atoms with E-state index in [1.807, 2.05) is 4.90 Å². The molecule has 136 valence electrons. The predicted octanol–water partition coefficient (Wildman–Crippen LogP) is 0.830. The summed E-state index contributed by atoms with van der Waals surface area (Å²) in [6.45, 7) is 6.89. The van der Waals surface area contributed by atoms with Crippen molar-refractivity contribution >= 4 is 17.3 Å². The molecule has 2 fully saturated rings. The van der Waals surface area contributed by atoms with Crippen LogP contribution in [0.5, 0.6) is 0 Å². The quantitative estimate of drug-likeness (QED) is 0.585. The summed E-state index contributed by atoms with van der Waals surface area (Å²) >= 11 is 0. The van der Waals surface area contributed by atoms with Gasteiger partial charge in [-0.15, -0.1) is 0 Å². The Balaban J connectivity index is 1.61. The number of nitrogens with zero attached hydrogens (tertiary/aromatic N) is 3. The minimum Gasteiger partial charge on any atom is -0.366 e. The average molecular weight is 347 g/mol. The van der Waals surface area contributed by atoms with Crippen molar-refractivity contribution < 1.29 is 9.72 Å². The summed E-state index contributed by atoms with van der Waals surface area (Å²) < 4.78 is 0. The van der Waals surface area contributed by atoms with Gasteiger partial charge in [-0.1, -0.05) is 0 Å². The summed E-state index contributed by atoms with van der Waals surface area (Å²) in [6.07, 6.45) is 2.09. The molecule has 0 aromatic heterocycles. The number of rotatable bonds is 6. The van der Waals surface area contributed by atoms with Crippen LogP contribution in [-0.4, -0.2) is 68.1 Å². The van der Waals surface area contributed by atoms with Gasteiger partial charge in [0.05, 0.1) is 4.92 Å². The number of nitro groups is 1. The molecule has 25 heavy (non-hydrogen) atoms. The van der Waals surface area contributed by atoms with Gasteiger partial charge < -0.3 is 15.5 Å². The van der Waals surface area contributed by atoms with E-state index in [0.717, 1.165) is 58.7 Å². The monoisotopic (exact) mass is 347 g/mol. The normalized spacial score (nSPS) is 18.3. The fraction of sp³-hybridized carbons (Fsp3) is 0.588. The van der Waals surface area contributed by atoms with Crippen molar-refractivity contribution in [3.8, 4) is 0 Å². The third-order valence-electron chi connectivity index (χ3n) is 4.80. The highest BCUT2D eigenvalue weighted by atomic mass is 16.6. The molecule has 1 aromatic carbocycles. The SMILES string of the molecule is O=C(NCCN1CCNCC1)c1ccc(N2CCCC2)c([N+](=O)[O-])c1. The van der Waals surface area contributed by atoms with Crippen LogP contribution in [0.3, 0.4) is 0 Å². The smallest absolute Gasteiger partial charge is 0.293 e. The van der Waals surface area contributed by atoms with E-state index in [9.17, 15) is 14.9 Å². The molecule has 3 rings (SSSR count). The maximum atomic E-state index is 12.3. The van der Waals surface area contributed by atoms with E-state index in [0.29, 0.717) is 17.8 Å². The van der Waals surface area contributed by atoms with Crippen LogP contribution >= 0.6 is 0 Å². The minimum atomic E-state index is -0.398. The molecule has 0 radical (unpaired) electrons. The first-order chi connectivity index (χ1) is 12.1. The number of amides is 1. The van der Waals surface area contributed by atoms with Gasteiger partial charge in [-0.05, 0) is 25.0 Å². The maximum Gasteiger partial charge on any atom is 0.293 e. The summed E-state index contributed by atoms with van der Waals surface area (Å²) in [6, 6.07) is 4.78. The Morgan fingerprint density at radius 3 is 2.60 bits per heavy atom. The van der Waals surface area contributed by atoms with Crippen LogP contribution in [0.1, 0.15) is 23.2 Å². The van der Waals surface area contributed by atoms with Gasteiger partial charge in [-0.25, -0.2) is 0 Å². The number of hydrogen-bond donors (Lipinski definition) is 2. The highest BCUT2D eigenvalue weighted by Crippen LogP contribution is 2.31. The van der Waals surface area contributed by atoms with Crippen LogP contribution < -0.4 is 15.5 Å². The Labute approximate surface area is 147 Å². The fourth-order valence-corrected chi connectivity index (χ4v) is 3.40. The Kier molecular flexibility index (Phi) is 5.83. The lowest BCUT2D eigenvalue weighted by molar-refractivity contribution is -0.384. The van der Waals surface area contributed by atoms with Gasteiger partial charge in [0, 0.05) is 64.0 Å². The van der Waals surface area contributed by atoms with E-state index in [1.54, 1.807) is 12.1 Å². The summed E-state index contributed by atoms with van der Waals surface area (Å²) in [5.74, 6) is -0.258. The van der Waals surface area contributed by atoms with Crippen LogP contribution in [0, 0.1) is 10.1 Å². The van der Waals surface area contributed by atoms with Gasteiger partial charge in [-0.3, -0.25) is 19.8 Å². The molecule has 8 nitrogen and oxygen atoms in total. The fourth-order valence-electron chi connectivity index (χ4n) is 3.40. The Morgan fingerprint density at radius 1 is 1.20 bits per heavy atom. The molecule has 0 aliphatic carbocycles. The lowest BCUT2D eigenvalue weighted by Crippen LogP contribution is -2.46. The van der Waals surface area contributed by atoms with E-state index < -0.39 is 4.92 Å². The van der Waals surface area contributed by atoms with Crippen molar-refractivity contribution in [3.05, 3.63) is 33.9 Å². The zero-order valence-corrected chi connectivity index (χ0v) is 14.4. The number of benzene rings is 1. The summed E-state index contributed by atoms with van der Waals surface area (Å²) in [5, 5.41) is 17.6. The van der Waals surface area contributed by atoms with Gasteiger partial charge in [0.1, 0.15) is 5.69 Å². The largest absolute Gasteiger partial charge is 0.366 e. The molecule has 0 unspecified atom stereocenters. The minimum absolute atomic E-state index is 0.0108. The first-order valence-corrected chi connectivity index (χ1v) is 8.90. The molecule has 1 amide bonds. The number of anilines is 1. The van der Waals surface area contributed by atoms with Crippen LogP contribution in [0.15, 0.2) is 18.2 Å². The average Bonchev–Trinajstić information content (AvgIpc) is 3.16. The standard InChI is InChI=1S/C17H25N5O3/c23-17(19-7-12-20-10-5-18-6-11-20)14-3-4-15(16(13-14)22(24)25)21-8-1-2-9-21/h3-4,13,18H,1-2,5-12H2,(H,19,23). The predicted molar refractivity (Wildman–Crippen MR) is 96.2 cm³/mol. The van der Waals surface area contributed by atoms with Crippen LogP contribution in [-0.2, 0) is 0 Å². The van der Waals surface area contributed by atoms with Gasteiger partial charge in [0.2, 0.25) is 0 Å². The Bertz CT molecular complexity index is 625. The number of hydrogen-bond acceptors (Lipinski definition) is 6. The second-order valence-corrected chi connectivity index (χ2v) is 6.50. The number of piperazine rings is 1. The summed E-state index contributed by atoms with van der Waals surface area (Å²) in [5.41, 5.74) is 0.964. The van der Waals surface area contributed by atoms with Crippen molar-refractivity contribution in [2.75, 3.05) is 57.3 Å². The summed E-state index contributed by atoms with van der Waals surface area (Å²) in [7, 11) is 0. The molecule has 0 bridgehead atoms. The van der Waals surface area contributed by atoms with E-state index in [-0.39, 0.29) is 11.6 Å². The van der Waals surface area contributed by atoms with Crippen molar-refractivity contribution in [2.24, 2.45) is 0 Å². The highest BCUT2D eigenvalue weighted by molar-refractivity contribution is 5.95. The number of nitro benzene ring substituents is 1. The lowest BCUT2D eigenvalue weighted by atomic mass is 10.1. The van der Waals surface area contributed by atoms with E-state index in [2.05, 4.69) is 15.5 Å². The molecule has 0 spiro atoms. The van der Waals surface area contributed by atoms with E-state index in [1.165, 1.54) is 6.07 Å². The zero-order valence-electron chi connectivity index (χ0n) is 14.4. The van der Waals surface area contributed by atoms with Crippen molar-refractivity contribution in [3.63, 3.8) is 0 Å². The first kappa shape index (κ1) is 17.6. The van der Waals surface area contributed by atoms with Crippen LogP contribution in [0.2, 0.25) is 0 Å². The third-order valence-corrected chi connectivity index (χ3v) is 4.80. The third kappa shape index (κ3) is 4.46. The van der Waals surface area contributed by atoms with Gasteiger partial charge in [-0.2, -0.15) is 0 Å². The molecule has 1 aromatic rings. The summed E-state index contributed by atoms with van der Waals surface area (Å²) in [4.78, 5) is 27.6. The van der Waals surface area contributed by atoms with Gasteiger partial charge in [0.25, 0.3) is 11.6 Å². The van der Waals surface area contributed by atoms with Crippen molar-refractivity contribution in [1.82, 2.24) is 15.5 Å². The molecule has 0 saturated carbocycles. The molecule has 2 saturated heterocycles. The highest BCUT2D eigenvalue weighted by Gasteiger charge is 2.23. The zero-order chi connectivity index (χ0) is 17.6. The van der Waals surface area contributed by atoms with Crippen LogP contribution in [0.4, 0.5) is 11.4 Å². The number of nitrogens with one attached hydrogen (secondary N) is 2. The molecule has 2 N–H and O–H groups in total. The Hall–Kier alpha value is -2.19. The molecule has 2 aliphatic rings. The molecule has 0 atom stereocenters. The van der Waals surface area contributed by atoms with Crippen molar-refractivity contribution in [1.29, 1.82) is 0 Å². The lowest BCUT2D eigenvalue weighted by Gasteiger charge is -2.27. The molecule has 2 aliphatic heterocycles. The Morgan fingerprint density at radius 2 is 1.92 bits per heavy atom. The first-order valence-electron chi connectivity index (χ1n) is 8.90. The second-order valence-electron chi connectivity index (χ2n) is 6.50. The number of carbonyl (C=O) groups excluding carboxylic acids is 1. The maximum absolute atomic E-state index is 12.3. The molecule has 8 heteroatoms. The molecular formula is C17H25N5O3. The molecular weight excluding hydrogens is 322 g/mol. The topological polar surface area (TPSA) is 90.8 Å². The van der Waals surface area contributed by atoms with Crippen molar-refractivity contribution in [2.45, 2.75) is 12.8 Å². The van der Waals surface area contributed by atoms with E-state index >= 15 is 0 Å². The number of carbonyl (C=O) groups is 1. The van der Waals surface area contributed by atoms with Gasteiger partial charge in [0.15, 0.2) is 0 Å². The molecule has 2 heterocycles.